The molecule has 1 atom stereocenters. The second-order valence-electron chi connectivity index (χ2n) is 9.53. The normalized spacial score (nSPS) is 32.7. The van der Waals surface area contributed by atoms with Gasteiger partial charge in [-0.15, -0.1) is 0 Å². The zero-order valence-corrected chi connectivity index (χ0v) is 16.6. The van der Waals surface area contributed by atoms with Gasteiger partial charge in [-0.1, -0.05) is 19.1 Å². The maximum Gasteiger partial charge on any atom is 0.240 e. The molecule has 2 aromatic rings. The van der Waals surface area contributed by atoms with Crippen LogP contribution in [0.15, 0.2) is 24.3 Å². The molecule has 144 valence electrons. The molecule has 4 aliphatic rings. The summed E-state index contributed by atoms with van der Waals surface area (Å²) in [5, 5.41) is 3.40. The second kappa shape index (κ2) is 6.35. The number of amides is 1. The number of carbonyl (C=O) groups is 1. The summed E-state index contributed by atoms with van der Waals surface area (Å²) in [4.78, 5) is 17.7. The van der Waals surface area contributed by atoms with E-state index >= 15 is 0 Å². The lowest BCUT2D eigenvalue weighted by Gasteiger charge is -2.59. The standard InChI is InChI=1S/C23H31N3O/c1-3-21-25-19-6-4-5-7-20(19)26(21)14-22(27)24-15(2)23-11-16-8-17(12-23)10-18(9-16)13-23/h4-7,15-18H,3,8-14H2,1-2H3,(H,24,27). The van der Waals surface area contributed by atoms with Crippen LogP contribution in [0.25, 0.3) is 11.0 Å². The zero-order chi connectivity index (χ0) is 18.6. The Balaban J connectivity index is 1.33. The average molecular weight is 366 g/mol. The number of para-hydroxylation sites is 2. The molecule has 0 aliphatic heterocycles. The van der Waals surface area contributed by atoms with E-state index < -0.39 is 0 Å². The van der Waals surface area contributed by atoms with Crippen LogP contribution in [0.5, 0.6) is 0 Å². The average Bonchev–Trinajstić information content (AvgIpc) is 2.98. The van der Waals surface area contributed by atoms with Crippen molar-refractivity contribution in [3.8, 4) is 0 Å². The van der Waals surface area contributed by atoms with Crippen molar-refractivity contribution in [3.05, 3.63) is 30.1 Å². The minimum atomic E-state index is 0.135. The molecule has 4 nitrogen and oxygen atoms in total. The molecular formula is C23H31N3O. The van der Waals surface area contributed by atoms with Gasteiger partial charge in [0, 0.05) is 12.5 Å². The molecular weight excluding hydrogens is 334 g/mol. The zero-order valence-electron chi connectivity index (χ0n) is 16.6. The van der Waals surface area contributed by atoms with Gasteiger partial charge in [0.1, 0.15) is 12.4 Å². The lowest BCUT2D eigenvalue weighted by molar-refractivity contribution is -0.126. The van der Waals surface area contributed by atoms with Gasteiger partial charge >= 0.3 is 0 Å². The van der Waals surface area contributed by atoms with Crippen molar-refractivity contribution >= 4 is 16.9 Å². The molecule has 4 saturated carbocycles. The van der Waals surface area contributed by atoms with E-state index in [0.29, 0.717) is 12.0 Å². The molecule has 0 radical (unpaired) electrons. The van der Waals surface area contributed by atoms with Crippen LogP contribution in [-0.4, -0.2) is 21.5 Å². The van der Waals surface area contributed by atoms with Gasteiger partial charge in [-0.3, -0.25) is 4.79 Å². The van der Waals surface area contributed by atoms with Crippen molar-refractivity contribution in [2.75, 3.05) is 0 Å². The predicted molar refractivity (Wildman–Crippen MR) is 107 cm³/mol. The molecule has 4 fully saturated rings. The van der Waals surface area contributed by atoms with Crippen LogP contribution in [-0.2, 0) is 17.8 Å². The number of nitrogens with zero attached hydrogens (tertiary/aromatic N) is 2. The third kappa shape index (κ3) is 2.88. The van der Waals surface area contributed by atoms with E-state index in [2.05, 4.69) is 29.8 Å². The number of nitrogens with one attached hydrogen (secondary N) is 1. The van der Waals surface area contributed by atoms with Crippen LogP contribution in [0.4, 0.5) is 0 Å². The summed E-state index contributed by atoms with van der Waals surface area (Å²) in [5.41, 5.74) is 2.40. The molecule has 6 rings (SSSR count). The van der Waals surface area contributed by atoms with Gasteiger partial charge in [0.15, 0.2) is 0 Å². The van der Waals surface area contributed by atoms with Crippen molar-refractivity contribution in [3.63, 3.8) is 0 Å². The molecule has 4 heteroatoms. The molecule has 4 bridgehead atoms. The van der Waals surface area contributed by atoms with Crippen LogP contribution in [0.1, 0.15) is 58.2 Å². The van der Waals surface area contributed by atoms with Gasteiger partial charge in [-0.05, 0) is 80.8 Å². The van der Waals surface area contributed by atoms with E-state index in [9.17, 15) is 4.79 Å². The fourth-order valence-corrected chi connectivity index (χ4v) is 6.86. The van der Waals surface area contributed by atoms with E-state index in [1.165, 1.54) is 38.5 Å². The summed E-state index contributed by atoms with van der Waals surface area (Å²) < 4.78 is 2.09. The molecule has 4 aliphatic carbocycles. The molecule has 1 heterocycles. The Kier molecular flexibility index (Phi) is 4.06. The summed E-state index contributed by atoms with van der Waals surface area (Å²) in [6, 6.07) is 8.40. The maximum atomic E-state index is 13.0. The topological polar surface area (TPSA) is 46.9 Å². The molecule has 27 heavy (non-hydrogen) atoms. The first-order valence-electron chi connectivity index (χ1n) is 10.8. The molecule has 1 N–H and O–H groups in total. The predicted octanol–water partition coefficient (Wildman–Crippen LogP) is 4.32. The second-order valence-corrected chi connectivity index (χ2v) is 9.53. The number of aromatic nitrogens is 2. The molecule has 1 aromatic carbocycles. The third-order valence-electron chi connectivity index (χ3n) is 7.73. The van der Waals surface area contributed by atoms with Crippen LogP contribution in [0.2, 0.25) is 0 Å². The molecule has 0 saturated heterocycles. The first-order chi connectivity index (χ1) is 13.1. The smallest absolute Gasteiger partial charge is 0.240 e. The van der Waals surface area contributed by atoms with Crippen LogP contribution in [0.3, 0.4) is 0 Å². The lowest BCUT2D eigenvalue weighted by atomic mass is 9.48. The summed E-state index contributed by atoms with van der Waals surface area (Å²) in [6.07, 6.45) is 9.16. The van der Waals surface area contributed by atoms with Gasteiger partial charge in [-0.2, -0.15) is 0 Å². The molecule has 1 aromatic heterocycles. The van der Waals surface area contributed by atoms with Gasteiger partial charge < -0.3 is 9.88 Å². The van der Waals surface area contributed by atoms with E-state index in [1.54, 1.807) is 0 Å². The van der Waals surface area contributed by atoms with Gasteiger partial charge in [0.05, 0.1) is 11.0 Å². The summed E-state index contributed by atoms with van der Waals surface area (Å²) >= 11 is 0. The molecule has 1 unspecified atom stereocenters. The quantitative estimate of drug-likeness (QED) is 0.858. The number of rotatable bonds is 5. The van der Waals surface area contributed by atoms with Gasteiger partial charge in [-0.25, -0.2) is 4.98 Å². The number of fused-ring (bicyclic) bond motifs is 1. The monoisotopic (exact) mass is 365 g/mol. The highest BCUT2D eigenvalue weighted by Gasteiger charge is 2.53. The lowest BCUT2D eigenvalue weighted by Crippen LogP contribution is -2.56. The number of carbonyl (C=O) groups excluding carboxylic acids is 1. The number of benzene rings is 1. The highest BCUT2D eigenvalue weighted by Crippen LogP contribution is 2.61. The summed E-state index contributed by atoms with van der Waals surface area (Å²) in [7, 11) is 0. The van der Waals surface area contributed by atoms with Crippen molar-refractivity contribution in [1.29, 1.82) is 0 Å². The van der Waals surface area contributed by atoms with Crippen molar-refractivity contribution in [2.45, 2.75) is 71.4 Å². The number of hydrogen-bond donors (Lipinski definition) is 1. The summed E-state index contributed by atoms with van der Waals surface area (Å²) in [5.74, 6) is 3.88. The Morgan fingerprint density at radius 2 is 1.81 bits per heavy atom. The Labute approximate surface area is 161 Å². The number of hydrogen-bond acceptors (Lipinski definition) is 2. The van der Waals surface area contributed by atoms with Gasteiger partial charge in [0.25, 0.3) is 0 Å². The third-order valence-corrected chi connectivity index (χ3v) is 7.73. The number of imidazole rings is 1. The van der Waals surface area contributed by atoms with Crippen molar-refractivity contribution in [1.82, 2.24) is 14.9 Å². The molecule has 0 spiro atoms. The Hall–Kier alpha value is -1.84. The minimum absolute atomic E-state index is 0.135. The highest BCUT2D eigenvalue weighted by atomic mass is 16.2. The van der Waals surface area contributed by atoms with Gasteiger partial charge in [0.2, 0.25) is 5.91 Å². The first-order valence-corrected chi connectivity index (χ1v) is 10.8. The van der Waals surface area contributed by atoms with Crippen LogP contribution >= 0.6 is 0 Å². The fourth-order valence-electron chi connectivity index (χ4n) is 6.86. The van der Waals surface area contributed by atoms with E-state index in [4.69, 9.17) is 4.98 Å². The number of aryl methyl sites for hydroxylation is 1. The van der Waals surface area contributed by atoms with Crippen molar-refractivity contribution in [2.24, 2.45) is 23.2 Å². The van der Waals surface area contributed by atoms with E-state index in [0.717, 1.165) is 41.0 Å². The molecule has 1 amide bonds. The largest absolute Gasteiger partial charge is 0.352 e. The maximum absolute atomic E-state index is 13.0. The SMILES string of the molecule is CCc1nc2ccccc2n1CC(=O)NC(C)C12CC3CC(CC(C3)C1)C2. The Morgan fingerprint density at radius 3 is 2.44 bits per heavy atom. The van der Waals surface area contributed by atoms with E-state index in [-0.39, 0.29) is 11.9 Å². The fraction of sp³-hybridized carbons (Fsp3) is 0.652. The Morgan fingerprint density at radius 1 is 1.19 bits per heavy atom. The van der Waals surface area contributed by atoms with Crippen LogP contribution in [0, 0.1) is 23.2 Å². The summed E-state index contributed by atoms with van der Waals surface area (Å²) in [6.45, 7) is 4.74. The minimum Gasteiger partial charge on any atom is -0.352 e. The van der Waals surface area contributed by atoms with E-state index in [1.807, 2.05) is 18.2 Å². The Bertz CT molecular complexity index is 832. The highest BCUT2D eigenvalue weighted by molar-refractivity contribution is 5.81. The first kappa shape index (κ1) is 17.3. The van der Waals surface area contributed by atoms with Crippen LogP contribution < -0.4 is 5.32 Å². The van der Waals surface area contributed by atoms with Crippen molar-refractivity contribution < 1.29 is 4.79 Å².